The van der Waals surface area contributed by atoms with Gasteiger partial charge in [-0.1, -0.05) is 0 Å². The largest absolute Gasteiger partial charge is 0.391 e. The number of nitrogens with one attached hydrogen (secondary N) is 1. The van der Waals surface area contributed by atoms with Crippen molar-refractivity contribution >= 4 is 5.91 Å². The van der Waals surface area contributed by atoms with Crippen molar-refractivity contribution in [1.29, 1.82) is 0 Å². The summed E-state index contributed by atoms with van der Waals surface area (Å²) in [7, 11) is 0. The Bertz CT molecular complexity index is 126. The fourth-order valence-corrected chi connectivity index (χ4v) is 0.781. The number of piperidine rings is 1. The zero-order valence-corrected chi connectivity index (χ0v) is 5.00. The highest BCUT2D eigenvalue weighted by molar-refractivity contribution is 5.77. The molecule has 1 amide bonds. The van der Waals surface area contributed by atoms with Crippen LogP contribution in [0.1, 0.15) is 6.42 Å². The first-order valence-corrected chi connectivity index (χ1v) is 2.90. The molecule has 4 N–H and O–H groups in total. The fourth-order valence-electron chi connectivity index (χ4n) is 0.781. The van der Waals surface area contributed by atoms with Crippen LogP contribution in [0, 0.1) is 0 Å². The van der Waals surface area contributed by atoms with Gasteiger partial charge in [0.05, 0.1) is 12.5 Å². The number of aliphatic hydroxyl groups excluding tert-OH is 1. The van der Waals surface area contributed by atoms with Gasteiger partial charge in [0.2, 0.25) is 5.91 Å². The van der Waals surface area contributed by atoms with Crippen molar-refractivity contribution in [3.63, 3.8) is 0 Å². The van der Waals surface area contributed by atoms with Gasteiger partial charge in [0, 0.05) is 12.6 Å². The third-order valence-electron chi connectivity index (χ3n) is 1.42. The monoisotopic (exact) mass is 130 g/mol. The molecule has 4 heteroatoms. The van der Waals surface area contributed by atoms with E-state index in [1.165, 1.54) is 0 Å². The van der Waals surface area contributed by atoms with Crippen LogP contribution < -0.4 is 11.1 Å². The third-order valence-corrected chi connectivity index (χ3v) is 1.42. The molecule has 0 aromatic rings. The van der Waals surface area contributed by atoms with E-state index in [0.29, 0.717) is 6.54 Å². The third kappa shape index (κ3) is 1.40. The van der Waals surface area contributed by atoms with Gasteiger partial charge < -0.3 is 16.2 Å². The topological polar surface area (TPSA) is 75.3 Å². The molecule has 1 saturated heterocycles. The van der Waals surface area contributed by atoms with Crippen molar-refractivity contribution in [3.05, 3.63) is 0 Å². The first-order chi connectivity index (χ1) is 4.20. The lowest BCUT2D eigenvalue weighted by molar-refractivity contribution is -0.125. The number of aliphatic hydroxyl groups is 1. The number of nitrogens with two attached hydrogens (primary N) is 1. The van der Waals surface area contributed by atoms with Gasteiger partial charge in [-0.25, -0.2) is 0 Å². The summed E-state index contributed by atoms with van der Waals surface area (Å²) in [5, 5.41) is 11.5. The molecule has 1 fully saturated rings. The van der Waals surface area contributed by atoms with Crippen molar-refractivity contribution in [1.82, 2.24) is 5.32 Å². The maximum Gasteiger partial charge on any atom is 0.222 e. The fraction of sp³-hybridized carbons (Fsp3) is 0.800. The molecule has 1 heterocycles. The molecule has 0 radical (unpaired) electrons. The molecule has 9 heavy (non-hydrogen) atoms. The molecule has 1 rings (SSSR count). The Morgan fingerprint density at radius 3 is 2.89 bits per heavy atom. The van der Waals surface area contributed by atoms with Crippen LogP contribution >= 0.6 is 0 Å². The van der Waals surface area contributed by atoms with Gasteiger partial charge >= 0.3 is 0 Å². The minimum atomic E-state index is -0.654. The van der Waals surface area contributed by atoms with Gasteiger partial charge in [-0.05, 0) is 0 Å². The molecular formula is C5H10N2O2. The molecule has 1 aliphatic heterocycles. The summed E-state index contributed by atoms with van der Waals surface area (Å²) >= 11 is 0. The summed E-state index contributed by atoms with van der Waals surface area (Å²) in [6.07, 6.45) is -0.514. The first-order valence-electron chi connectivity index (χ1n) is 2.90. The molecule has 0 aromatic heterocycles. The molecule has 0 aliphatic carbocycles. The van der Waals surface area contributed by atoms with Crippen molar-refractivity contribution in [3.8, 4) is 0 Å². The van der Waals surface area contributed by atoms with Crippen LogP contribution in [-0.2, 0) is 4.79 Å². The molecule has 1 aliphatic rings. The summed E-state index contributed by atoms with van der Waals surface area (Å²) < 4.78 is 0. The Labute approximate surface area is 53.0 Å². The second-order valence-electron chi connectivity index (χ2n) is 2.24. The number of hydrogen-bond donors (Lipinski definition) is 3. The Morgan fingerprint density at radius 1 is 1.78 bits per heavy atom. The number of amides is 1. The maximum absolute atomic E-state index is 10.5. The average Bonchev–Trinajstić information content (AvgIpc) is 1.80. The lowest BCUT2D eigenvalue weighted by Crippen LogP contribution is -2.51. The summed E-state index contributed by atoms with van der Waals surface area (Å²) in [5.41, 5.74) is 5.38. The number of carbonyl (C=O) groups is 1. The minimum Gasteiger partial charge on any atom is -0.391 e. The second kappa shape index (κ2) is 2.33. The van der Waals surface area contributed by atoms with Crippen molar-refractivity contribution < 1.29 is 9.90 Å². The maximum atomic E-state index is 10.5. The first kappa shape index (κ1) is 6.51. The summed E-state index contributed by atoms with van der Waals surface area (Å²) in [5.74, 6) is -0.121. The van der Waals surface area contributed by atoms with E-state index in [0.717, 1.165) is 0 Å². The van der Waals surface area contributed by atoms with Crippen LogP contribution in [0.5, 0.6) is 0 Å². The van der Waals surface area contributed by atoms with Gasteiger partial charge in [0.15, 0.2) is 0 Å². The predicted octanol–water partition coefficient (Wildman–Crippen LogP) is -1.81. The van der Waals surface area contributed by atoms with E-state index >= 15 is 0 Å². The van der Waals surface area contributed by atoms with Gasteiger partial charge in [0.25, 0.3) is 0 Å². The average molecular weight is 130 g/mol. The lowest BCUT2D eigenvalue weighted by atomic mass is 10.1. The van der Waals surface area contributed by atoms with Gasteiger partial charge in [-0.2, -0.15) is 0 Å². The number of rotatable bonds is 0. The standard InChI is InChI=1S/C5H10N2O2/c6-3-2-7-5(9)1-4(3)8/h3-4,8H,1-2,6H2,(H,7,9)/t3-,4-/m1/s1. The van der Waals surface area contributed by atoms with Crippen molar-refractivity contribution in [2.24, 2.45) is 5.73 Å². The molecule has 0 spiro atoms. The zero-order valence-electron chi connectivity index (χ0n) is 5.00. The summed E-state index contributed by atoms with van der Waals surface area (Å²) in [6.45, 7) is 0.389. The number of hydrogen-bond acceptors (Lipinski definition) is 3. The van der Waals surface area contributed by atoms with E-state index in [1.807, 2.05) is 0 Å². The van der Waals surface area contributed by atoms with E-state index < -0.39 is 6.10 Å². The highest BCUT2D eigenvalue weighted by Gasteiger charge is 2.23. The van der Waals surface area contributed by atoms with Gasteiger partial charge in [-0.3, -0.25) is 4.79 Å². The molecule has 52 valence electrons. The van der Waals surface area contributed by atoms with E-state index in [4.69, 9.17) is 10.8 Å². The Hall–Kier alpha value is -0.610. The van der Waals surface area contributed by atoms with E-state index in [1.54, 1.807) is 0 Å². The predicted molar refractivity (Wildman–Crippen MR) is 31.6 cm³/mol. The Balaban J connectivity index is 2.44. The molecule has 0 unspecified atom stereocenters. The van der Waals surface area contributed by atoms with Crippen LogP contribution in [0.4, 0.5) is 0 Å². The highest BCUT2D eigenvalue weighted by Crippen LogP contribution is 2.00. The van der Waals surface area contributed by atoms with E-state index in [9.17, 15) is 4.79 Å². The molecule has 2 atom stereocenters. The quantitative estimate of drug-likeness (QED) is 0.362. The van der Waals surface area contributed by atoms with Crippen LogP contribution in [0.3, 0.4) is 0 Å². The van der Waals surface area contributed by atoms with Crippen LogP contribution in [0.15, 0.2) is 0 Å². The Morgan fingerprint density at radius 2 is 2.44 bits per heavy atom. The van der Waals surface area contributed by atoms with Crippen LogP contribution in [0.25, 0.3) is 0 Å². The molecule has 0 saturated carbocycles. The van der Waals surface area contributed by atoms with Crippen LogP contribution in [0.2, 0.25) is 0 Å². The SMILES string of the molecule is N[C@@H]1CNC(=O)C[C@H]1O. The van der Waals surface area contributed by atoms with Gasteiger partial charge in [-0.15, -0.1) is 0 Å². The van der Waals surface area contributed by atoms with Crippen molar-refractivity contribution in [2.45, 2.75) is 18.6 Å². The smallest absolute Gasteiger partial charge is 0.222 e. The highest BCUT2D eigenvalue weighted by atomic mass is 16.3. The van der Waals surface area contributed by atoms with Crippen LogP contribution in [-0.4, -0.2) is 29.7 Å². The normalized spacial score (nSPS) is 36.0. The van der Waals surface area contributed by atoms with E-state index in [2.05, 4.69) is 5.32 Å². The zero-order chi connectivity index (χ0) is 6.85. The molecule has 0 aromatic carbocycles. The van der Waals surface area contributed by atoms with E-state index in [-0.39, 0.29) is 18.4 Å². The van der Waals surface area contributed by atoms with Gasteiger partial charge in [0.1, 0.15) is 0 Å². The minimum absolute atomic E-state index is 0.121. The Kier molecular flexibility index (Phi) is 1.68. The molecule has 0 bridgehead atoms. The lowest BCUT2D eigenvalue weighted by Gasteiger charge is -2.23. The summed E-state index contributed by atoms with van der Waals surface area (Å²) in [6, 6.07) is -0.289. The molecular weight excluding hydrogens is 120 g/mol. The molecule has 4 nitrogen and oxygen atoms in total. The second-order valence-corrected chi connectivity index (χ2v) is 2.24. The number of carbonyl (C=O) groups excluding carboxylic acids is 1. The van der Waals surface area contributed by atoms with Crippen molar-refractivity contribution in [2.75, 3.05) is 6.54 Å². The summed E-state index contributed by atoms with van der Waals surface area (Å²) in [4.78, 5) is 10.5.